The number of carbonyl (C=O) groups is 1. The molecule has 1 aliphatic heterocycles. The lowest BCUT2D eigenvalue weighted by molar-refractivity contribution is -0.670. The maximum atomic E-state index is 12.7. The van der Waals surface area contributed by atoms with E-state index in [9.17, 15) is 4.79 Å². The summed E-state index contributed by atoms with van der Waals surface area (Å²) >= 11 is 0. The lowest BCUT2D eigenvalue weighted by Crippen LogP contribution is -2.23. The van der Waals surface area contributed by atoms with E-state index in [-0.39, 0.29) is 5.78 Å². The summed E-state index contributed by atoms with van der Waals surface area (Å²) in [5.74, 6) is 0.0373. The van der Waals surface area contributed by atoms with Crippen molar-refractivity contribution >= 4 is 11.5 Å². The summed E-state index contributed by atoms with van der Waals surface area (Å²) in [6.07, 6.45) is 10.0. The summed E-state index contributed by atoms with van der Waals surface area (Å²) in [4.78, 5) is 17.0. The number of anilines is 1. The Balaban J connectivity index is 1.51. The van der Waals surface area contributed by atoms with Crippen molar-refractivity contribution in [1.29, 1.82) is 0 Å². The second kappa shape index (κ2) is 6.52. The highest BCUT2D eigenvalue weighted by Gasteiger charge is 2.13. The minimum atomic E-state index is 0.0373. The van der Waals surface area contributed by atoms with E-state index in [1.165, 1.54) is 0 Å². The van der Waals surface area contributed by atoms with Crippen LogP contribution in [0.25, 0.3) is 5.69 Å². The van der Waals surface area contributed by atoms with Crippen LogP contribution in [0.3, 0.4) is 0 Å². The van der Waals surface area contributed by atoms with Crippen molar-refractivity contribution in [2.24, 2.45) is 7.05 Å². The van der Waals surface area contributed by atoms with Crippen LogP contribution in [0.4, 0.5) is 5.69 Å². The minimum Gasteiger partial charge on any atom is -0.361 e. The molecule has 0 saturated heterocycles. The topological polar surface area (TPSA) is 32.4 Å². The van der Waals surface area contributed by atoms with Gasteiger partial charge in [0.2, 0.25) is 6.33 Å². The Morgan fingerprint density at radius 3 is 2.04 bits per heavy atom. The maximum absolute atomic E-state index is 12.7. The van der Waals surface area contributed by atoms with Gasteiger partial charge in [-0.3, -0.25) is 4.79 Å². The molecule has 4 rings (SSSR count). The lowest BCUT2D eigenvalue weighted by atomic mass is 10.0. The predicted octanol–water partition coefficient (Wildman–Crippen LogP) is 2.71. The first-order valence-electron chi connectivity index (χ1n) is 8.54. The average molecular weight is 345 g/mol. The Labute approximate surface area is 153 Å². The minimum absolute atomic E-state index is 0.0373. The van der Waals surface area contributed by atoms with Gasteiger partial charge in [-0.1, -0.05) is 0 Å². The molecular formula is C21H21N4O+. The van der Waals surface area contributed by atoms with E-state index in [2.05, 4.69) is 9.80 Å². The third-order valence-electron chi connectivity index (χ3n) is 4.53. The summed E-state index contributed by atoms with van der Waals surface area (Å²) < 4.78 is 4.00. The van der Waals surface area contributed by atoms with Crippen LogP contribution < -0.4 is 9.47 Å². The lowest BCUT2D eigenvalue weighted by Gasteiger charge is -2.18. The van der Waals surface area contributed by atoms with E-state index < -0.39 is 0 Å². The van der Waals surface area contributed by atoms with Gasteiger partial charge in [0, 0.05) is 36.3 Å². The van der Waals surface area contributed by atoms with Gasteiger partial charge >= 0.3 is 0 Å². The molecule has 5 heteroatoms. The van der Waals surface area contributed by atoms with E-state index in [0.717, 1.165) is 18.0 Å². The second-order valence-corrected chi connectivity index (χ2v) is 6.58. The highest BCUT2D eigenvalue weighted by molar-refractivity contribution is 6.09. The maximum Gasteiger partial charge on any atom is 0.248 e. The molecule has 26 heavy (non-hydrogen) atoms. The van der Waals surface area contributed by atoms with Gasteiger partial charge in [0.1, 0.15) is 18.1 Å². The molecule has 5 nitrogen and oxygen atoms in total. The number of imidazole rings is 1. The van der Waals surface area contributed by atoms with E-state index in [1.54, 1.807) is 0 Å². The molecule has 2 aromatic carbocycles. The first-order chi connectivity index (χ1) is 12.6. The number of hydrogen-bond donors (Lipinski definition) is 0. The molecule has 0 amide bonds. The van der Waals surface area contributed by atoms with Gasteiger partial charge in [-0.05, 0) is 48.5 Å². The first-order valence-corrected chi connectivity index (χ1v) is 8.54. The van der Waals surface area contributed by atoms with Crippen LogP contribution in [-0.2, 0) is 7.05 Å². The summed E-state index contributed by atoms with van der Waals surface area (Å²) in [7, 11) is 4.01. The first kappa shape index (κ1) is 16.1. The molecule has 0 unspecified atom stereocenters. The molecule has 0 fully saturated rings. The Kier molecular flexibility index (Phi) is 4.05. The van der Waals surface area contributed by atoms with E-state index in [1.807, 2.05) is 103 Å². The highest BCUT2D eigenvalue weighted by Crippen LogP contribution is 2.21. The average Bonchev–Trinajstić information content (AvgIpc) is 3.30. The van der Waals surface area contributed by atoms with Gasteiger partial charge in [-0.15, -0.1) is 0 Å². The molecule has 130 valence electrons. The SMILES string of the molecule is CN1C=CN(c2ccc(C(=O)c3ccc(-n4cc[n+](C)c4)cc3)cc2)C1. The summed E-state index contributed by atoms with van der Waals surface area (Å²) in [5.41, 5.74) is 3.50. The van der Waals surface area contributed by atoms with Crippen molar-refractivity contribution in [2.75, 3.05) is 18.6 Å². The molecule has 0 spiro atoms. The quantitative estimate of drug-likeness (QED) is 0.538. The molecule has 0 saturated carbocycles. The third-order valence-corrected chi connectivity index (χ3v) is 4.53. The molecular weight excluding hydrogens is 324 g/mol. The molecule has 2 heterocycles. The summed E-state index contributed by atoms with van der Waals surface area (Å²) in [5, 5.41) is 0. The monoisotopic (exact) mass is 345 g/mol. The Bertz CT molecular complexity index is 954. The summed E-state index contributed by atoms with van der Waals surface area (Å²) in [6, 6.07) is 15.5. The molecule has 1 aromatic heterocycles. The fraction of sp³-hybridized carbons (Fsp3) is 0.143. The standard InChI is InChI=1S/C21H21N4O/c1-22-11-13-24(15-22)19-7-3-17(4-8-19)21(26)18-5-9-20(10-6-18)25-14-12-23(2)16-25/h3-15H,16H2,1-2H3/q+1. The van der Waals surface area contributed by atoms with Crippen LogP contribution in [0.5, 0.6) is 0 Å². The number of aryl methyl sites for hydroxylation is 1. The number of rotatable bonds is 4. The van der Waals surface area contributed by atoms with E-state index in [0.29, 0.717) is 11.1 Å². The Morgan fingerprint density at radius 1 is 0.923 bits per heavy atom. The second-order valence-electron chi connectivity index (χ2n) is 6.58. The Hall–Kier alpha value is -3.34. The molecule has 0 radical (unpaired) electrons. The van der Waals surface area contributed by atoms with Gasteiger partial charge < -0.3 is 9.80 Å². The zero-order valence-electron chi connectivity index (χ0n) is 14.9. The number of benzene rings is 2. The fourth-order valence-corrected chi connectivity index (χ4v) is 3.06. The molecule has 0 aliphatic carbocycles. The van der Waals surface area contributed by atoms with Gasteiger partial charge in [0.25, 0.3) is 0 Å². The number of carbonyl (C=O) groups excluding carboxylic acids is 1. The third kappa shape index (κ3) is 3.11. The molecule has 0 bridgehead atoms. The van der Waals surface area contributed by atoms with Gasteiger partial charge in [0.15, 0.2) is 5.78 Å². The van der Waals surface area contributed by atoms with Crippen molar-refractivity contribution in [3.05, 3.63) is 90.8 Å². The van der Waals surface area contributed by atoms with Gasteiger partial charge in [-0.25, -0.2) is 9.13 Å². The zero-order chi connectivity index (χ0) is 18.1. The molecule has 1 aliphatic rings. The zero-order valence-corrected chi connectivity index (χ0v) is 14.9. The van der Waals surface area contributed by atoms with E-state index >= 15 is 0 Å². The van der Waals surface area contributed by atoms with Crippen LogP contribution in [0, 0.1) is 0 Å². The van der Waals surface area contributed by atoms with Crippen LogP contribution in [0.2, 0.25) is 0 Å². The smallest absolute Gasteiger partial charge is 0.248 e. The molecule has 3 aromatic rings. The van der Waals surface area contributed by atoms with Crippen molar-refractivity contribution in [3.8, 4) is 5.69 Å². The number of aromatic nitrogens is 2. The van der Waals surface area contributed by atoms with Crippen LogP contribution in [-0.4, -0.2) is 29.0 Å². The van der Waals surface area contributed by atoms with Crippen LogP contribution >= 0.6 is 0 Å². The number of nitrogens with zero attached hydrogens (tertiary/aromatic N) is 4. The van der Waals surface area contributed by atoms with Crippen LogP contribution in [0.15, 0.2) is 79.7 Å². The highest BCUT2D eigenvalue weighted by atomic mass is 16.1. The predicted molar refractivity (Wildman–Crippen MR) is 101 cm³/mol. The van der Waals surface area contributed by atoms with Crippen molar-refractivity contribution < 1.29 is 9.36 Å². The van der Waals surface area contributed by atoms with Crippen LogP contribution in [0.1, 0.15) is 15.9 Å². The number of ketones is 1. The normalized spacial score (nSPS) is 13.5. The summed E-state index contributed by atoms with van der Waals surface area (Å²) in [6.45, 7) is 0.825. The number of hydrogen-bond acceptors (Lipinski definition) is 3. The van der Waals surface area contributed by atoms with Gasteiger partial charge in [-0.2, -0.15) is 0 Å². The molecule has 0 N–H and O–H groups in total. The fourth-order valence-electron chi connectivity index (χ4n) is 3.06. The Morgan fingerprint density at radius 2 is 1.54 bits per heavy atom. The van der Waals surface area contributed by atoms with E-state index in [4.69, 9.17) is 0 Å². The molecule has 0 atom stereocenters. The van der Waals surface area contributed by atoms with Crippen molar-refractivity contribution in [3.63, 3.8) is 0 Å². The van der Waals surface area contributed by atoms with Crippen molar-refractivity contribution in [1.82, 2.24) is 9.47 Å². The van der Waals surface area contributed by atoms with Crippen molar-refractivity contribution in [2.45, 2.75) is 0 Å². The largest absolute Gasteiger partial charge is 0.361 e. The van der Waals surface area contributed by atoms with Gasteiger partial charge in [0.05, 0.1) is 13.7 Å².